The summed E-state index contributed by atoms with van der Waals surface area (Å²) in [7, 11) is 0. The van der Waals surface area contributed by atoms with Gasteiger partial charge in [0.15, 0.2) is 5.76 Å². The Morgan fingerprint density at radius 1 is 1.18 bits per heavy atom. The van der Waals surface area contributed by atoms with Crippen LogP contribution in [0.25, 0.3) is 0 Å². The van der Waals surface area contributed by atoms with Gasteiger partial charge in [0.2, 0.25) is 0 Å². The van der Waals surface area contributed by atoms with Crippen LogP contribution in [0.5, 0.6) is 0 Å². The molecule has 1 aromatic heterocycles. The van der Waals surface area contributed by atoms with E-state index in [2.05, 4.69) is 10.5 Å². The van der Waals surface area contributed by atoms with Gasteiger partial charge in [0.25, 0.3) is 5.91 Å². The zero-order valence-electron chi connectivity index (χ0n) is 12.1. The van der Waals surface area contributed by atoms with Crippen LogP contribution in [0, 0.1) is 0 Å². The Morgan fingerprint density at radius 2 is 1.95 bits per heavy atom. The molecule has 5 heteroatoms. The molecule has 114 valence electrons. The van der Waals surface area contributed by atoms with E-state index in [0.29, 0.717) is 17.4 Å². The first kappa shape index (κ1) is 13.8. The van der Waals surface area contributed by atoms with E-state index in [1.807, 2.05) is 24.3 Å². The summed E-state index contributed by atoms with van der Waals surface area (Å²) in [5.74, 6) is 1.44. The third kappa shape index (κ3) is 2.52. The van der Waals surface area contributed by atoms with Crippen LogP contribution in [0.2, 0.25) is 5.02 Å². The molecule has 4 nitrogen and oxygen atoms in total. The van der Waals surface area contributed by atoms with Crippen molar-refractivity contribution in [1.82, 2.24) is 10.5 Å². The molecule has 22 heavy (non-hydrogen) atoms. The first-order valence-electron chi connectivity index (χ1n) is 7.73. The molecule has 0 spiro atoms. The predicted octanol–water partition coefficient (Wildman–Crippen LogP) is 3.88. The number of nitrogens with zero attached hydrogens (tertiary/aromatic N) is 1. The molecular formula is C17H17ClN2O2. The van der Waals surface area contributed by atoms with Crippen molar-refractivity contribution in [2.24, 2.45) is 0 Å². The minimum atomic E-state index is -0.0631. The topological polar surface area (TPSA) is 55.1 Å². The summed E-state index contributed by atoms with van der Waals surface area (Å²) in [6.07, 6.45) is 5.81. The fourth-order valence-corrected chi connectivity index (χ4v) is 3.21. The molecule has 2 fully saturated rings. The van der Waals surface area contributed by atoms with Crippen LogP contribution >= 0.6 is 11.6 Å². The lowest BCUT2D eigenvalue weighted by Crippen LogP contribution is -2.45. The van der Waals surface area contributed by atoms with E-state index in [9.17, 15) is 4.79 Å². The molecule has 4 rings (SSSR count). The van der Waals surface area contributed by atoms with E-state index < -0.39 is 0 Å². The van der Waals surface area contributed by atoms with Crippen LogP contribution in [0.1, 0.15) is 59.2 Å². The number of halogens is 1. The van der Waals surface area contributed by atoms with Gasteiger partial charge in [0.1, 0.15) is 5.56 Å². The van der Waals surface area contributed by atoms with Gasteiger partial charge < -0.3 is 9.84 Å². The normalized spacial score (nSPS) is 23.9. The lowest BCUT2D eigenvalue weighted by atomic mass is 9.75. The van der Waals surface area contributed by atoms with Crippen LogP contribution in [0.3, 0.4) is 0 Å². The number of nitrogens with one attached hydrogen (secondary N) is 1. The summed E-state index contributed by atoms with van der Waals surface area (Å²) >= 11 is 5.93. The fourth-order valence-electron chi connectivity index (χ4n) is 3.09. The Hall–Kier alpha value is -1.81. The van der Waals surface area contributed by atoms with Gasteiger partial charge >= 0.3 is 0 Å². The molecule has 2 aliphatic rings. The van der Waals surface area contributed by atoms with E-state index >= 15 is 0 Å². The quantitative estimate of drug-likeness (QED) is 0.931. The van der Waals surface area contributed by atoms with Crippen molar-refractivity contribution in [3.05, 3.63) is 52.4 Å². The molecule has 0 aliphatic heterocycles. The second-order valence-electron chi connectivity index (χ2n) is 6.19. The lowest BCUT2D eigenvalue weighted by Gasteiger charge is -2.37. The Balaban J connectivity index is 1.45. The highest BCUT2D eigenvalue weighted by Gasteiger charge is 2.36. The summed E-state index contributed by atoms with van der Waals surface area (Å²) in [6.45, 7) is 0. The SMILES string of the molecule is O=C(N[C@H]1CC[C@H]1c1ccc(Cl)cc1)c1cnoc1C1CC1. The van der Waals surface area contributed by atoms with Gasteiger partial charge in [-0.05, 0) is 43.4 Å². The van der Waals surface area contributed by atoms with Crippen molar-refractivity contribution >= 4 is 17.5 Å². The minimum Gasteiger partial charge on any atom is -0.360 e. The molecule has 2 atom stereocenters. The van der Waals surface area contributed by atoms with Crippen LogP contribution in [-0.2, 0) is 0 Å². The second-order valence-corrected chi connectivity index (χ2v) is 6.63. The van der Waals surface area contributed by atoms with E-state index in [1.54, 1.807) is 6.20 Å². The molecule has 0 unspecified atom stereocenters. The number of hydrogen-bond acceptors (Lipinski definition) is 3. The van der Waals surface area contributed by atoms with Crippen molar-refractivity contribution in [2.75, 3.05) is 0 Å². The van der Waals surface area contributed by atoms with Crippen molar-refractivity contribution < 1.29 is 9.32 Å². The maximum atomic E-state index is 12.5. The van der Waals surface area contributed by atoms with Crippen LogP contribution < -0.4 is 5.32 Å². The van der Waals surface area contributed by atoms with Crippen LogP contribution in [0.4, 0.5) is 0 Å². The van der Waals surface area contributed by atoms with Crippen molar-refractivity contribution in [1.29, 1.82) is 0 Å². The predicted molar refractivity (Wildman–Crippen MR) is 83.2 cm³/mol. The maximum absolute atomic E-state index is 12.5. The first-order valence-corrected chi connectivity index (χ1v) is 8.11. The summed E-state index contributed by atoms with van der Waals surface area (Å²) in [6, 6.07) is 8.06. The first-order chi connectivity index (χ1) is 10.7. The summed E-state index contributed by atoms with van der Waals surface area (Å²) in [5.41, 5.74) is 1.83. The number of rotatable bonds is 4. The number of aromatic nitrogens is 1. The molecule has 1 N–H and O–H groups in total. The minimum absolute atomic E-state index is 0.0631. The zero-order chi connectivity index (χ0) is 15.1. The van der Waals surface area contributed by atoms with Crippen LogP contribution in [0.15, 0.2) is 35.0 Å². The molecule has 1 amide bonds. The molecule has 2 saturated carbocycles. The van der Waals surface area contributed by atoms with E-state index in [-0.39, 0.29) is 11.9 Å². The largest absolute Gasteiger partial charge is 0.360 e. The third-order valence-corrected chi connectivity index (χ3v) is 4.93. The van der Waals surface area contributed by atoms with Gasteiger partial charge in [-0.2, -0.15) is 0 Å². The number of hydrogen-bond donors (Lipinski definition) is 1. The Morgan fingerprint density at radius 3 is 2.59 bits per heavy atom. The number of amides is 1. The highest BCUT2D eigenvalue weighted by molar-refractivity contribution is 6.30. The summed E-state index contributed by atoms with van der Waals surface area (Å²) in [4.78, 5) is 12.5. The standard InChI is InChI=1S/C17H17ClN2O2/c18-12-5-3-10(4-6-12)13-7-8-15(13)20-17(21)14-9-19-22-16(14)11-1-2-11/h3-6,9,11,13,15H,1-2,7-8H2,(H,20,21)/t13-,15-/m0/s1. The molecule has 0 saturated heterocycles. The molecule has 2 aromatic rings. The average Bonchev–Trinajstić information content (AvgIpc) is 3.22. The number of benzene rings is 1. The number of carbonyl (C=O) groups excluding carboxylic acids is 1. The van der Waals surface area contributed by atoms with Gasteiger partial charge in [-0.1, -0.05) is 28.9 Å². The monoisotopic (exact) mass is 316 g/mol. The number of carbonyl (C=O) groups is 1. The van der Waals surface area contributed by atoms with Gasteiger partial charge in [-0.3, -0.25) is 4.79 Å². The Kier molecular flexibility index (Phi) is 3.41. The van der Waals surface area contributed by atoms with Crippen LogP contribution in [-0.4, -0.2) is 17.1 Å². The fraction of sp³-hybridized carbons (Fsp3) is 0.412. The lowest BCUT2D eigenvalue weighted by molar-refractivity contribution is 0.0902. The summed E-state index contributed by atoms with van der Waals surface area (Å²) in [5, 5.41) is 7.66. The zero-order valence-corrected chi connectivity index (χ0v) is 12.8. The average molecular weight is 317 g/mol. The molecule has 0 radical (unpaired) electrons. The Labute approximate surface area is 133 Å². The van der Waals surface area contributed by atoms with Gasteiger partial charge in [-0.25, -0.2) is 0 Å². The third-order valence-electron chi connectivity index (χ3n) is 4.68. The highest BCUT2D eigenvalue weighted by Crippen LogP contribution is 2.42. The summed E-state index contributed by atoms with van der Waals surface area (Å²) < 4.78 is 5.24. The maximum Gasteiger partial charge on any atom is 0.256 e. The van der Waals surface area contributed by atoms with Crippen molar-refractivity contribution in [3.8, 4) is 0 Å². The van der Waals surface area contributed by atoms with Crippen molar-refractivity contribution in [3.63, 3.8) is 0 Å². The highest BCUT2D eigenvalue weighted by atomic mass is 35.5. The van der Waals surface area contributed by atoms with Gasteiger partial charge in [-0.15, -0.1) is 0 Å². The van der Waals surface area contributed by atoms with E-state index in [1.165, 1.54) is 5.56 Å². The molecule has 1 aromatic carbocycles. The Bertz CT molecular complexity index is 691. The van der Waals surface area contributed by atoms with E-state index in [0.717, 1.165) is 36.5 Å². The van der Waals surface area contributed by atoms with Gasteiger partial charge in [0, 0.05) is 22.9 Å². The van der Waals surface area contributed by atoms with Crippen molar-refractivity contribution in [2.45, 2.75) is 43.6 Å². The second kappa shape index (κ2) is 5.43. The molecule has 2 aliphatic carbocycles. The molecular weight excluding hydrogens is 300 g/mol. The van der Waals surface area contributed by atoms with Gasteiger partial charge in [0.05, 0.1) is 6.20 Å². The smallest absolute Gasteiger partial charge is 0.256 e. The molecule has 0 bridgehead atoms. The molecule has 1 heterocycles. The van der Waals surface area contributed by atoms with E-state index in [4.69, 9.17) is 16.1 Å².